The Morgan fingerprint density at radius 3 is 1.35 bits per heavy atom. The van der Waals surface area contributed by atoms with Crippen LogP contribution < -0.4 is 0 Å². The first-order chi connectivity index (χ1) is 11.4. The van der Waals surface area contributed by atoms with Gasteiger partial charge in [-0.05, 0) is 38.5 Å². The molecule has 0 aliphatic carbocycles. The van der Waals surface area contributed by atoms with E-state index in [4.69, 9.17) is 10.4 Å². The van der Waals surface area contributed by atoms with Crippen LogP contribution in [-0.2, 0) is 4.89 Å². The van der Waals surface area contributed by atoms with Gasteiger partial charge in [0.15, 0.2) is 0 Å². The molecule has 0 bridgehead atoms. The molecule has 0 saturated carbocycles. The van der Waals surface area contributed by atoms with Crippen LogP contribution in [0.15, 0.2) is 12.2 Å². The molecule has 0 aliphatic heterocycles. The first-order valence-electron chi connectivity index (χ1n) is 9.94. The predicted molar refractivity (Wildman–Crippen MR) is 98.7 cm³/mol. The van der Waals surface area contributed by atoms with Gasteiger partial charge in [-0.3, -0.25) is 5.26 Å². The summed E-state index contributed by atoms with van der Waals surface area (Å²) in [6.45, 7) is 0.832. The third-order valence-electron chi connectivity index (χ3n) is 4.30. The predicted octanol–water partition coefficient (Wildman–Crippen LogP) is 6.27. The highest BCUT2D eigenvalue weighted by Gasteiger charge is 1.92. The molecule has 0 aliphatic rings. The molecule has 0 rings (SSSR count). The average Bonchev–Trinajstić information content (AvgIpc) is 2.57. The average molecular weight is 329 g/mol. The zero-order chi connectivity index (χ0) is 16.8. The molecular formula is C20H40O3. The van der Waals surface area contributed by atoms with E-state index in [9.17, 15) is 0 Å². The van der Waals surface area contributed by atoms with Gasteiger partial charge in [0.1, 0.15) is 0 Å². The van der Waals surface area contributed by atoms with Crippen LogP contribution in [0.2, 0.25) is 0 Å². The summed E-state index contributed by atoms with van der Waals surface area (Å²) in [6.07, 6.45) is 24.7. The monoisotopic (exact) mass is 328 g/mol. The van der Waals surface area contributed by atoms with Crippen LogP contribution >= 0.6 is 0 Å². The molecule has 0 aromatic carbocycles. The first kappa shape index (κ1) is 22.6. The molecule has 3 heteroatoms. The van der Waals surface area contributed by atoms with E-state index >= 15 is 0 Å². The van der Waals surface area contributed by atoms with E-state index in [0.717, 1.165) is 12.8 Å². The highest BCUT2D eigenvalue weighted by molar-refractivity contribution is 4.81. The van der Waals surface area contributed by atoms with Crippen LogP contribution in [0.4, 0.5) is 0 Å². The number of aliphatic hydroxyl groups excluding tert-OH is 1. The highest BCUT2D eigenvalue weighted by atomic mass is 17.1. The number of unbranched alkanes of at least 4 members (excludes halogenated alkanes) is 14. The zero-order valence-electron chi connectivity index (χ0n) is 15.2. The zero-order valence-corrected chi connectivity index (χ0v) is 15.2. The van der Waals surface area contributed by atoms with Crippen molar-refractivity contribution in [1.29, 1.82) is 0 Å². The van der Waals surface area contributed by atoms with Crippen molar-refractivity contribution in [2.45, 2.75) is 103 Å². The van der Waals surface area contributed by atoms with Gasteiger partial charge in [-0.1, -0.05) is 76.4 Å². The Balaban J connectivity index is 3.03. The summed E-state index contributed by atoms with van der Waals surface area (Å²) in [7, 11) is 0. The minimum Gasteiger partial charge on any atom is -0.396 e. The van der Waals surface area contributed by atoms with Crippen molar-refractivity contribution < 1.29 is 15.3 Å². The van der Waals surface area contributed by atoms with Crippen molar-refractivity contribution in [3.05, 3.63) is 12.2 Å². The molecule has 0 atom stereocenters. The van der Waals surface area contributed by atoms with Crippen LogP contribution in [0.25, 0.3) is 0 Å². The van der Waals surface area contributed by atoms with Crippen molar-refractivity contribution in [3.8, 4) is 0 Å². The molecule has 0 unspecified atom stereocenters. The summed E-state index contributed by atoms with van der Waals surface area (Å²) in [5, 5.41) is 16.9. The van der Waals surface area contributed by atoms with E-state index < -0.39 is 0 Å². The summed E-state index contributed by atoms with van der Waals surface area (Å²) in [5.74, 6) is 0. The van der Waals surface area contributed by atoms with Crippen molar-refractivity contribution in [2.24, 2.45) is 0 Å². The maximum Gasteiger partial charge on any atom is 0.0819 e. The van der Waals surface area contributed by atoms with Crippen molar-refractivity contribution in [2.75, 3.05) is 13.2 Å². The molecule has 0 amide bonds. The van der Waals surface area contributed by atoms with E-state index in [1.807, 2.05) is 0 Å². The van der Waals surface area contributed by atoms with Crippen LogP contribution in [0, 0.1) is 0 Å². The molecule has 3 nitrogen and oxygen atoms in total. The maximum absolute atomic E-state index is 8.69. The number of hydrogen-bond acceptors (Lipinski definition) is 3. The van der Waals surface area contributed by atoms with Gasteiger partial charge in [0.2, 0.25) is 0 Å². The minimum atomic E-state index is 0.350. The molecule has 0 spiro atoms. The fourth-order valence-corrected chi connectivity index (χ4v) is 2.81. The lowest BCUT2D eigenvalue weighted by Crippen LogP contribution is -1.88. The lowest BCUT2D eigenvalue weighted by Gasteiger charge is -2.01. The molecular weight excluding hydrogens is 288 g/mol. The maximum atomic E-state index is 8.69. The summed E-state index contributed by atoms with van der Waals surface area (Å²) in [4.78, 5) is 4.06. The van der Waals surface area contributed by atoms with E-state index in [1.54, 1.807) is 0 Å². The number of rotatable bonds is 19. The third-order valence-corrected chi connectivity index (χ3v) is 4.30. The Morgan fingerprint density at radius 1 is 0.522 bits per heavy atom. The summed E-state index contributed by atoms with van der Waals surface area (Å²) in [6, 6.07) is 0. The topological polar surface area (TPSA) is 49.7 Å². The second kappa shape index (κ2) is 21.6. The second-order valence-electron chi connectivity index (χ2n) is 6.56. The molecule has 2 N–H and O–H groups in total. The van der Waals surface area contributed by atoms with E-state index in [2.05, 4.69) is 17.0 Å². The fraction of sp³-hybridized carbons (Fsp3) is 0.900. The van der Waals surface area contributed by atoms with E-state index in [1.165, 1.54) is 89.9 Å². The molecule has 23 heavy (non-hydrogen) atoms. The van der Waals surface area contributed by atoms with Gasteiger partial charge in [-0.25, -0.2) is 4.89 Å². The van der Waals surface area contributed by atoms with Crippen LogP contribution in [0.3, 0.4) is 0 Å². The van der Waals surface area contributed by atoms with Gasteiger partial charge >= 0.3 is 0 Å². The fourth-order valence-electron chi connectivity index (χ4n) is 2.81. The van der Waals surface area contributed by atoms with Gasteiger partial charge < -0.3 is 5.11 Å². The van der Waals surface area contributed by atoms with Crippen molar-refractivity contribution in [3.63, 3.8) is 0 Å². The van der Waals surface area contributed by atoms with Gasteiger partial charge in [0.25, 0.3) is 0 Å². The standard InChI is InChI=1S/C20H40O3/c21-19-17-15-13-11-9-7-5-3-1-2-4-6-8-10-12-14-16-18-20-23-22/h1,3,21-22H,2,4-20H2. The van der Waals surface area contributed by atoms with Crippen LogP contribution in [-0.4, -0.2) is 23.6 Å². The number of allylic oxidation sites excluding steroid dienone is 2. The Morgan fingerprint density at radius 2 is 0.913 bits per heavy atom. The first-order valence-corrected chi connectivity index (χ1v) is 9.94. The summed E-state index contributed by atoms with van der Waals surface area (Å²) < 4.78 is 0. The SMILES string of the molecule is OCCCCCCCCC=CCCCCCCCCCCOO. The van der Waals surface area contributed by atoms with Crippen molar-refractivity contribution in [1.82, 2.24) is 0 Å². The van der Waals surface area contributed by atoms with Crippen molar-refractivity contribution >= 4 is 0 Å². The smallest absolute Gasteiger partial charge is 0.0819 e. The molecule has 0 saturated heterocycles. The Bertz CT molecular complexity index is 229. The van der Waals surface area contributed by atoms with Crippen LogP contribution in [0.1, 0.15) is 103 Å². The van der Waals surface area contributed by atoms with Gasteiger partial charge in [-0.15, -0.1) is 0 Å². The lowest BCUT2D eigenvalue weighted by atomic mass is 10.1. The largest absolute Gasteiger partial charge is 0.396 e. The molecule has 0 aromatic rings. The third kappa shape index (κ3) is 21.6. The van der Waals surface area contributed by atoms with Crippen LogP contribution in [0.5, 0.6) is 0 Å². The molecule has 138 valence electrons. The van der Waals surface area contributed by atoms with E-state index in [-0.39, 0.29) is 0 Å². The summed E-state index contributed by atoms with van der Waals surface area (Å²) in [5.41, 5.74) is 0. The highest BCUT2D eigenvalue weighted by Crippen LogP contribution is 2.11. The van der Waals surface area contributed by atoms with Gasteiger partial charge in [-0.2, -0.15) is 0 Å². The second-order valence-corrected chi connectivity index (χ2v) is 6.56. The quantitative estimate of drug-likeness (QED) is 0.127. The van der Waals surface area contributed by atoms with E-state index in [0.29, 0.717) is 13.2 Å². The Hall–Kier alpha value is -0.380. The number of aliphatic hydroxyl groups is 1. The Kier molecular flexibility index (Phi) is 21.3. The molecule has 0 fully saturated rings. The number of hydrogen-bond donors (Lipinski definition) is 2. The summed E-state index contributed by atoms with van der Waals surface area (Å²) >= 11 is 0. The normalized spacial score (nSPS) is 11.6. The molecule has 0 aromatic heterocycles. The molecule has 0 heterocycles. The molecule has 0 radical (unpaired) electrons. The van der Waals surface area contributed by atoms with Gasteiger partial charge in [0.05, 0.1) is 6.61 Å². The van der Waals surface area contributed by atoms with Gasteiger partial charge in [0, 0.05) is 6.61 Å². The minimum absolute atomic E-state index is 0.350. The Labute approximate surface area is 144 Å². The lowest BCUT2D eigenvalue weighted by molar-refractivity contribution is -0.242.